The van der Waals surface area contributed by atoms with Gasteiger partial charge in [0.2, 0.25) is 5.09 Å². The molecule has 2 aromatic rings. The molecule has 0 bridgehead atoms. The predicted octanol–water partition coefficient (Wildman–Crippen LogP) is 2.41. The second-order valence-electron chi connectivity index (χ2n) is 5.40. The summed E-state index contributed by atoms with van der Waals surface area (Å²) in [6.45, 7) is 3.62. The third-order valence-electron chi connectivity index (χ3n) is 3.58. The molecule has 10 heteroatoms. The molecular weight excluding hydrogens is 368 g/mol. The molecule has 8 nitrogen and oxygen atoms in total. The third-order valence-corrected chi connectivity index (χ3v) is 6.32. The standard InChI is InChI=1S/C15H18N2O6S2/c1-5-10-8(2)24-14(12(10)15(19)20)16-13(18)9-6-11(23-7-9)25(21,22)17(3)4/h6-7H,5H2,1-4H3,(H,16,18)(H,19,20). The maximum atomic E-state index is 12.3. The van der Waals surface area contributed by atoms with Crippen LogP contribution in [-0.4, -0.2) is 43.8 Å². The fourth-order valence-electron chi connectivity index (χ4n) is 2.24. The van der Waals surface area contributed by atoms with Crippen molar-refractivity contribution in [1.82, 2.24) is 4.31 Å². The Kier molecular flexibility index (Phi) is 5.35. The maximum Gasteiger partial charge on any atom is 0.339 e. The summed E-state index contributed by atoms with van der Waals surface area (Å²) in [5.41, 5.74) is 0.708. The number of furan rings is 1. The van der Waals surface area contributed by atoms with Gasteiger partial charge in [-0.3, -0.25) is 4.79 Å². The lowest BCUT2D eigenvalue weighted by Gasteiger charge is -2.07. The number of nitrogens with one attached hydrogen (secondary N) is 1. The molecule has 2 N–H and O–H groups in total. The molecule has 0 radical (unpaired) electrons. The minimum absolute atomic E-state index is 0.0131. The van der Waals surface area contributed by atoms with E-state index in [1.807, 2.05) is 6.92 Å². The number of aromatic carboxylic acids is 1. The number of hydrogen-bond donors (Lipinski definition) is 2. The maximum absolute atomic E-state index is 12.3. The average molecular weight is 386 g/mol. The Hall–Kier alpha value is -2.17. The number of anilines is 1. The zero-order chi connectivity index (χ0) is 18.9. The predicted molar refractivity (Wildman–Crippen MR) is 92.9 cm³/mol. The molecule has 0 saturated carbocycles. The lowest BCUT2D eigenvalue weighted by molar-refractivity contribution is 0.0697. The minimum atomic E-state index is -3.80. The number of carboxylic acid groups (broad SMARTS) is 1. The van der Waals surface area contributed by atoms with Crippen molar-refractivity contribution in [1.29, 1.82) is 0 Å². The molecule has 0 saturated heterocycles. The number of thiophene rings is 1. The van der Waals surface area contributed by atoms with Crippen LogP contribution in [-0.2, 0) is 16.4 Å². The molecular formula is C15H18N2O6S2. The first kappa shape index (κ1) is 19.2. The highest BCUT2D eigenvalue weighted by Crippen LogP contribution is 2.34. The van der Waals surface area contributed by atoms with Gasteiger partial charge in [-0.15, -0.1) is 11.3 Å². The Labute approximate surface area is 149 Å². The second-order valence-corrected chi connectivity index (χ2v) is 8.70. The first-order chi connectivity index (χ1) is 11.6. The van der Waals surface area contributed by atoms with Gasteiger partial charge in [-0.25, -0.2) is 17.5 Å². The number of nitrogens with zero attached hydrogens (tertiary/aromatic N) is 1. The second kappa shape index (κ2) is 6.98. The zero-order valence-electron chi connectivity index (χ0n) is 14.1. The minimum Gasteiger partial charge on any atom is -0.478 e. The first-order valence-electron chi connectivity index (χ1n) is 7.27. The zero-order valence-corrected chi connectivity index (χ0v) is 15.7. The third kappa shape index (κ3) is 3.60. The molecule has 0 atom stereocenters. The van der Waals surface area contributed by atoms with Gasteiger partial charge < -0.3 is 14.8 Å². The molecule has 1 amide bonds. The SMILES string of the molecule is CCc1c(C)sc(NC(=O)c2coc(S(=O)(=O)N(C)C)c2)c1C(=O)O. The van der Waals surface area contributed by atoms with E-state index in [0.717, 1.165) is 32.8 Å². The average Bonchev–Trinajstić information content (AvgIpc) is 3.11. The number of carboxylic acids is 1. The van der Waals surface area contributed by atoms with Gasteiger partial charge in [0.1, 0.15) is 11.3 Å². The molecule has 2 aromatic heterocycles. The highest BCUT2D eigenvalue weighted by molar-refractivity contribution is 7.88. The van der Waals surface area contributed by atoms with Crippen LogP contribution >= 0.6 is 11.3 Å². The van der Waals surface area contributed by atoms with Crippen molar-refractivity contribution in [2.75, 3.05) is 19.4 Å². The summed E-state index contributed by atoms with van der Waals surface area (Å²) >= 11 is 1.16. The van der Waals surface area contributed by atoms with Crippen molar-refractivity contribution in [3.8, 4) is 0 Å². The number of sulfonamides is 1. The van der Waals surface area contributed by atoms with E-state index in [1.54, 1.807) is 6.92 Å². The van der Waals surface area contributed by atoms with Crippen LogP contribution in [0.3, 0.4) is 0 Å². The van der Waals surface area contributed by atoms with Crippen LogP contribution in [0.5, 0.6) is 0 Å². The van der Waals surface area contributed by atoms with Crippen LogP contribution in [0.1, 0.15) is 38.1 Å². The van der Waals surface area contributed by atoms with E-state index < -0.39 is 21.9 Å². The van der Waals surface area contributed by atoms with Crippen LogP contribution in [0.4, 0.5) is 5.00 Å². The fraction of sp³-hybridized carbons (Fsp3) is 0.333. The van der Waals surface area contributed by atoms with Gasteiger partial charge in [0.05, 0.1) is 11.1 Å². The molecule has 2 rings (SSSR count). The van der Waals surface area contributed by atoms with Crippen molar-refractivity contribution < 1.29 is 27.5 Å². The molecule has 0 unspecified atom stereocenters. The number of hydrogen-bond acceptors (Lipinski definition) is 6. The lowest BCUT2D eigenvalue weighted by atomic mass is 10.1. The summed E-state index contributed by atoms with van der Waals surface area (Å²) in [6, 6.07) is 1.10. The van der Waals surface area contributed by atoms with E-state index in [9.17, 15) is 23.1 Å². The highest BCUT2D eigenvalue weighted by Gasteiger charge is 2.25. The molecule has 0 aromatic carbocycles. The van der Waals surface area contributed by atoms with Crippen molar-refractivity contribution in [2.24, 2.45) is 0 Å². The van der Waals surface area contributed by atoms with Crippen LogP contribution in [0, 0.1) is 6.92 Å². The molecule has 0 spiro atoms. The molecule has 136 valence electrons. The van der Waals surface area contributed by atoms with Crippen molar-refractivity contribution in [3.05, 3.63) is 33.9 Å². The van der Waals surface area contributed by atoms with Crippen molar-refractivity contribution >= 4 is 38.2 Å². The number of carbonyl (C=O) groups excluding carboxylic acids is 1. The monoisotopic (exact) mass is 386 g/mol. The van der Waals surface area contributed by atoms with Gasteiger partial charge in [-0.1, -0.05) is 6.92 Å². The molecule has 2 heterocycles. The Morgan fingerprint density at radius 3 is 2.52 bits per heavy atom. The molecule has 0 fully saturated rings. The summed E-state index contributed by atoms with van der Waals surface area (Å²) in [6.07, 6.45) is 1.55. The van der Waals surface area contributed by atoms with Gasteiger partial charge >= 0.3 is 5.97 Å². The van der Waals surface area contributed by atoms with E-state index in [2.05, 4.69) is 5.32 Å². The number of carbonyl (C=O) groups is 2. The van der Waals surface area contributed by atoms with Crippen molar-refractivity contribution in [3.63, 3.8) is 0 Å². The lowest BCUT2D eigenvalue weighted by Crippen LogP contribution is -2.21. The van der Waals surface area contributed by atoms with Gasteiger partial charge in [-0.05, 0) is 18.9 Å². The molecule has 0 aliphatic heterocycles. The Balaban J connectivity index is 2.33. The summed E-state index contributed by atoms with van der Waals surface area (Å²) in [7, 11) is -1.11. The number of rotatable bonds is 6. The molecule has 0 aliphatic rings. The topological polar surface area (TPSA) is 117 Å². The largest absolute Gasteiger partial charge is 0.478 e. The summed E-state index contributed by atoms with van der Waals surface area (Å²) in [5.74, 6) is -1.77. The van der Waals surface area contributed by atoms with Crippen LogP contribution in [0.2, 0.25) is 0 Å². The summed E-state index contributed by atoms with van der Waals surface area (Å²) < 4.78 is 29.9. The van der Waals surface area contributed by atoms with Crippen molar-refractivity contribution in [2.45, 2.75) is 25.4 Å². The van der Waals surface area contributed by atoms with Gasteiger partial charge in [0.15, 0.2) is 0 Å². The van der Waals surface area contributed by atoms with E-state index in [-0.39, 0.29) is 21.2 Å². The van der Waals surface area contributed by atoms with Crippen LogP contribution in [0.15, 0.2) is 21.8 Å². The normalized spacial score (nSPS) is 11.7. The fourth-order valence-corrected chi connectivity index (χ4v) is 4.18. The van der Waals surface area contributed by atoms with E-state index in [1.165, 1.54) is 14.1 Å². The summed E-state index contributed by atoms with van der Waals surface area (Å²) in [5, 5.41) is 11.8. The number of aryl methyl sites for hydroxylation is 1. The Bertz CT molecular complexity index is 924. The van der Waals surface area contributed by atoms with E-state index in [0.29, 0.717) is 12.0 Å². The van der Waals surface area contributed by atoms with Crippen LogP contribution in [0.25, 0.3) is 0 Å². The van der Waals surface area contributed by atoms with Gasteiger partial charge in [0.25, 0.3) is 15.9 Å². The van der Waals surface area contributed by atoms with Gasteiger partial charge in [-0.2, -0.15) is 0 Å². The number of amides is 1. The van der Waals surface area contributed by atoms with Crippen LogP contribution < -0.4 is 5.32 Å². The van der Waals surface area contributed by atoms with Gasteiger partial charge in [0, 0.05) is 25.0 Å². The highest BCUT2D eigenvalue weighted by atomic mass is 32.2. The molecule has 25 heavy (non-hydrogen) atoms. The Morgan fingerprint density at radius 1 is 1.36 bits per heavy atom. The molecule has 0 aliphatic carbocycles. The van der Waals surface area contributed by atoms with E-state index in [4.69, 9.17) is 4.42 Å². The summed E-state index contributed by atoms with van der Waals surface area (Å²) in [4.78, 5) is 24.6. The van der Waals surface area contributed by atoms with E-state index >= 15 is 0 Å². The Morgan fingerprint density at radius 2 is 2.00 bits per heavy atom. The first-order valence-corrected chi connectivity index (χ1v) is 9.53. The quantitative estimate of drug-likeness (QED) is 0.787. The smallest absolute Gasteiger partial charge is 0.339 e.